The lowest BCUT2D eigenvalue weighted by molar-refractivity contribution is 0.0910. The van der Waals surface area contributed by atoms with Crippen LogP contribution in [0.1, 0.15) is 24.3 Å². The van der Waals surface area contributed by atoms with Crippen LogP contribution in [0.2, 0.25) is 0 Å². The van der Waals surface area contributed by atoms with E-state index in [1.165, 1.54) is 24.0 Å². The lowest BCUT2D eigenvalue weighted by Gasteiger charge is -2.21. The fraction of sp³-hybridized carbons (Fsp3) is 0.462. The molecule has 1 unspecified atom stereocenters. The standard InChI is InChI=1S/C13H18N6O2/c1-9(2)11(8-19-14-6-7-15-19)16-13(21)10-4-5-12(20)18(3)17-10/h4-7,9,11H,8H2,1-3H3,(H,16,21). The molecule has 21 heavy (non-hydrogen) atoms. The molecular formula is C13H18N6O2. The summed E-state index contributed by atoms with van der Waals surface area (Å²) in [5, 5.41) is 14.9. The molecule has 0 aliphatic carbocycles. The predicted octanol–water partition coefficient (Wildman–Crippen LogP) is -0.174. The molecule has 0 aliphatic rings. The van der Waals surface area contributed by atoms with Crippen LogP contribution in [0.5, 0.6) is 0 Å². The first-order valence-corrected chi connectivity index (χ1v) is 6.66. The van der Waals surface area contributed by atoms with Crippen molar-refractivity contribution in [3.05, 3.63) is 40.6 Å². The molecule has 8 heteroatoms. The zero-order valence-electron chi connectivity index (χ0n) is 12.2. The van der Waals surface area contributed by atoms with Crippen LogP contribution in [0.15, 0.2) is 29.3 Å². The minimum Gasteiger partial charge on any atom is -0.346 e. The molecule has 1 amide bonds. The summed E-state index contributed by atoms with van der Waals surface area (Å²) in [6.45, 7) is 4.48. The van der Waals surface area contributed by atoms with Crippen LogP contribution in [0.25, 0.3) is 0 Å². The van der Waals surface area contributed by atoms with Gasteiger partial charge in [-0.05, 0) is 12.0 Å². The topological polar surface area (TPSA) is 94.7 Å². The molecule has 2 heterocycles. The molecule has 0 fully saturated rings. The lowest BCUT2D eigenvalue weighted by Crippen LogP contribution is -2.42. The fourth-order valence-corrected chi connectivity index (χ4v) is 1.80. The Kier molecular flexibility index (Phi) is 4.46. The molecule has 2 aromatic heterocycles. The number of amides is 1. The molecule has 1 atom stereocenters. The summed E-state index contributed by atoms with van der Waals surface area (Å²) in [6.07, 6.45) is 3.18. The van der Waals surface area contributed by atoms with Gasteiger partial charge in [-0.3, -0.25) is 9.59 Å². The first-order valence-electron chi connectivity index (χ1n) is 6.66. The summed E-state index contributed by atoms with van der Waals surface area (Å²) in [7, 11) is 1.51. The van der Waals surface area contributed by atoms with E-state index < -0.39 is 0 Å². The van der Waals surface area contributed by atoms with Gasteiger partial charge in [0.15, 0.2) is 0 Å². The van der Waals surface area contributed by atoms with E-state index in [0.29, 0.717) is 6.54 Å². The Balaban J connectivity index is 2.10. The monoisotopic (exact) mass is 290 g/mol. The highest BCUT2D eigenvalue weighted by molar-refractivity contribution is 5.92. The van der Waals surface area contributed by atoms with Crippen molar-refractivity contribution < 1.29 is 4.79 Å². The van der Waals surface area contributed by atoms with E-state index in [1.54, 1.807) is 12.4 Å². The van der Waals surface area contributed by atoms with E-state index in [-0.39, 0.29) is 29.1 Å². The van der Waals surface area contributed by atoms with Gasteiger partial charge in [-0.2, -0.15) is 20.1 Å². The SMILES string of the molecule is CC(C)C(Cn1nccn1)NC(=O)c1ccc(=O)n(C)n1. The number of hydrogen-bond donors (Lipinski definition) is 1. The summed E-state index contributed by atoms with van der Waals surface area (Å²) >= 11 is 0. The number of nitrogens with zero attached hydrogens (tertiary/aromatic N) is 5. The van der Waals surface area contributed by atoms with Crippen LogP contribution >= 0.6 is 0 Å². The van der Waals surface area contributed by atoms with Crippen molar-refractivity contribution in [1.29, 1.82) is 0 Å². The largest absolute Gasteiger partial charge is 0.346 e. The van der Waals surface area contributed by atoms with Gasteiger partial charge in [0.05, 0.1) is 25.0 Å². The highest BCUT2D eigenvalue weighted by atomic mass is 16.2. The number of nitrogens with one attached hydrogen (secondary N) is 1. The van der Waals surface area contributed by atoms with E-state index >= 15 is 0 Å². The van der Waals surface area contributed by atoms with Crippen LogP contribution in [0, 0.1) is 5.92 Å². The zero-order valence-corrected chi connectivity index (χ0v) is 12.2. The highest BCUT2D eigenvalue weighted by Crippen LogP contribution is 2.05. The van der Waals surface area contributed by atoms with Crippen LogP contribution in [0.4, 0.5) is 0 Å². The third-order valence-corrected chi connectivity index (χ3v) is 3.14. The maximum atomic E-state index is 12.2. The molecule has 0 aliphatic heterocycles. The summed E-state index contributed by atoms with van der Waals surface area (Å²) < 4.78 is 1.13. The molecule has 1 N–H and O–H groups in total. The lowest BCUT2D eigenvalue weighted by atomic mass is 10.0. The van der Waals surface area contributed by atoms with Crippen LogP contribution < -0.4 is 10.9 Å². The Morgan fingerprint density at radius 1 is 1.29 bits per heavy atom. The molecule has 0 saturated heterocycles. The molecule has 0 bridgehead atoms. The maximum absolute atomic E-state index is 12.2. The fourth-order valence-electron chi connectivity index (χ4n) is 1.80. The minimum atomic E-state index is -0.323. The molecule has 0 aromatic carbocycles. The average Bonchev–Trinajstić information content (AvgIpc) is 2.93. The predicted molar refractivity (Wildman–Crippen MR) is 75.6 cm³/mol. The summed E-state index contributed by atoms with van der Waals surface area (Å²) in [5.74, 6) is -0.121. The van der Waals surface area contributed by atoms with Crippen molar-refractivity contribution in [2.24, 2.45) is 13.0 Å². The Labute approximate surface area is 121 Å². The maximum Gasteiger partial charge on any atom is 0.272 e. The number of hydrogen-bond acceptors (Lipinski definition) is 5. The van der Waals surface area contributed by atoms with Crippen molar-refractivity contribution in [3.8, 4) is 0 Å². The first-order chi connectivity index (χ1) is 9.97. The van der Waals surface area contributed by atoms with Crippen LogP contribution in [0.3, 0.4) is 0 Å². The van der Waals surface area contributed by atoms with Crippen LogP contribution in [-0.2, 0) is 13.6 Å². The Bertz CT molecular complexity index is 662. The molecule has 2 rings (SSSR count). The van der Waals surface area contributed by atoms with Gasteiger partial charge < -0.3 is 5.32 Å². The van der Waals surface area contributed by atoms with Gasteiger partial charge >= 0.3 is 0 Å². The van der Waals surface area contributed by atoms with Gasteiger partial charge in [0.2, 0.25) is 0 Å². The number of rotatable bonds is 5. The van der Waals surface area contributed by atoms with Crippen molar-refractivity contribution in [1.82, 2.24) is 30.1 Å². The Morgan fingerprint density at radius 3 is 2.52 bits per heavy atom. The third-order valence-electron chi connectivity index (χ3n) is 3.14. The van der Waals surface area contributed by atoms with Crippen molar-refractivity contribution >= 4 is 5.91 Å². The second-order valence-corrected chi connectivity index (χ2v) is 5.09. The normalized spacial score (nSPS) is 12.4. The highest BCUT2D eigenvalue weighted by Gasteiger charge is 2.19. The van der Waals surface area contributed by atoms with E-state index in [9.17, 15) is 9.59 Å². The second-order valence-electron chi connectivity index (χ2n) is 5.09. The molecule has 8 nitrogen and oxygen atoms in total. The summed E-state index contributed by atoms with van der Waals surface area (Å²) in [5.41, 5.74) is -0.0520. The van der Waals surface area contributed by atoms with Gasteiger partial charge in [0, 0.05) is 13.1 Å². The van der Waals surface area contributed by atoms with E-state index in [0.717, 1.165) is 4.68 Å². The van der Waals surface area contributed by atoms with E-state index in [1.807, 2.05) is 13.8 Å². The second kappa shape index (κ2) is 6.29. The Morgan fingerprint density at radius 2 is 1.95 bits per heavy atom. The van der Waals surface area contributed by atoms with Crippen LogP contribution in [-0.4, -0.2) is 36.7 Å². The molecule has 0 radical (unpaired) electrons. The number of aryl methyl sites for hydroxylation is 1. The molecule has 112 valence electrons. The van der Waals surface area contributed by atoms with Gasteiger partial charge in [0.1, 0.15) is 5.69 Å². The van der Waals surface area contributed by atoms with Crippen molar-refractivity contribution in [3.63, 3.8) is 0 Å². The summed E-state index contributed by atoms with van der Waals surface area (Å²) in [6, 6.07) is 2.60. The van der Waals surface area contributed by atoms with Gasteiger partial charge in [-0.25, -0.2) is 4.68 Å². The van der Waals surface area contributed by atoms with Crippen molar-refractivity contribution in [2.75, 3.05) is 0 Å². The molecular weight excluding hydrogens is 272 g/mol. The van der Waals surface area contributed by atoms with E-state index in [2.05, 4.69) is 20.6 Å². The van der Waals surface area contributed by atoms with Gasteiger partial charge in [-0.1, -0.05) is 13.8 Å². The number of carbonyl (C=O) groups is 1. The number of aromatic nitrogens is 5. The molecule has 2 aromatic rings. The number of carbonyl (C=O) groups excluding carboxylic acids is 1. The van der Waals surface area contributed by atoms with Gasteiger partial charge in [0.25, 0.3) is 11.5 Å². The minimum absolute atomic E-state index is 0.135. The molecule has 0 saturated carbocycles. The zero-order chi connectivity index (χ0) is 15.4. The smallest absolute Gasteiger partial charge is 0.272 e. The Hall–Kier alpha value is -2.51. The summed E-state index contributed by atoms with van der Waals surface area (Å²) in [4.78, 5) is 25.0. The third kappa shape index (κ3) is 3.74. The van der Waals surface area contributed by atoms with Gasteiger partial charge in [-0.15, -0.1) is 0 Å². The average molecular weight is 290 g/mol. The van der Waals surface area contributed by atoms with Crippen molar-refractivity contribution in [2.45, 2.75) is 26.4 Å². The molecule has 0 spiro atoms. The quantitative estimate of drug-likeness (QED) is 0.824. The first kappa shape index (κ1) is 14.9. The van der Waals surface area contributed by atoms with E-state index in [4.69, 9.17) is 0 Å².